The highest BCUT2D eigenvalue weighted by molar-refractivity contribution is 5.97. The molecular formula is C21H23N3O4. The highest BCUT2D eigenvalue weighted by Crippen LogP contribution is 2.31. The van der Waals surface area contributed by atoms with Gasteiger partial charge in [0.25, 0.3) is 11.8 Å². The van der Waals surface area contributed by atoms with Crippen LogP contribution in [-0.2, 0) is 4.79 Å². The molecule has 0 aliphatic carbocycles. The molecule has 0 fully saturated rings. The van der Waals surface area contributed by atoms with Crippen LogP contribution in [0.25, 0.3) is 0 Å². The Hall–Kier alpha value is -3.35. The minimum absolute atomic E-state index is 0.0478. The van der Waals surface area contributed by atoms with Crippen molar-refractivity contribution in [3.63, 3.8) is 0 Å². The van der Waals surface area contributed by atoms with Crippen molar-refractivity contribution < 1.29 is 19.1 Å². The molecule has 146 valence electrons. The van der Waals surface area contributed by atoms with Crippen molar-refractivity contribution in [3.8, 4) is 11.5 Å². The van der Waals surface area contributed by atoms with Crippen LogP contribution in [0.5, 0.6) is 11.5 Å². The third-order valence-electron chi connectivity index (χ3n) is 4.60. The maximum Gasteiger partial charge on any atom is 0.262 e. The topological polar surface area (TPSA) is 89.0 Å². The Morgan fingerprint density at radius 1 is 1.14 bits per heavy atom. The van der Waals surface area contributed by atoms with E-state index in [0.717, 1.165) is 12.0 Å². The molecule has 7 nitrogen and oxygen atoms in total. The summed E-state index contributed by atoms with van der Waals surface area (Å²) >= 11 is 0. The zero-order valence-electron chi connectivity index (χ0n) is 15.8. The van der Waals surface area contributed by atoms with E-state index >= 15 is 0 Å². The Morgan fingerprint density at radius 3 is 2.64 bits per heavy atom. The molecule has 0 saturated heterocycles. The average molecular weight is 381 g/mol. The highest BCUT2D eigenvalue weighted by atomic mass is 16.7. The molecule has 7 heteroatoms. The summed E-state index contributed by atoms with van der Waals surface area (Å²) in [6.45, 7) is 4.08. The predicted molar refractivity (Wildman–Crippen MR) is 105 cm³/mol. The van der Waals surface area contributed by atoms with E-state index in [-0.39, 0.29) is 24.5 Å². The summed E-state index contributed by atoms with van der Waals surface area (Å²) in [5, 5.41) is 6.82. The van der Waals surface area contributed by atoms with Crippen molar-refractivity contribution in [2.24, 2.45) is 11.0 Å². The van der Waals surface area contributed by atoms with Crippen molar-refractivity contribution in [3.05, 3.63) is 59.7 Å². The van der Waals surface area contributed by atoms with E-state index < -0.39 is 6.04 Å². The number of amides is 2. The lowest BCUT2D eigenvalue weighted by atomic mass is 9.98. The summed E-state index contributed by atoms with van der Waals surface area (Å²) in [6.07, 6.45) is 2.26. The Labute approximate surface area is 163 Å². The van der Waals surface area contributed by atoms with Crippen LogP contribution in [0.3, 0.4) is 0 Å². The quantitative estimate of drug-likeness (QED) is 0.570. The van der Waals surface area contributed by atoms with E-state index in [4.69, 9.17) is 9.47 Å². The van der Waals surface area contributed by atoms with E-state index in [2.05, 4.69) is 15.8 Å². The Morgan fingerprint density at radius 2 is 1.89 bits per heavy atom. The summed E-state index contributed by atoms with van der Waals surface area (Å²) in [5.74, 6) is 0.620. The number of hydrazone groups is 1. The third-order valence-corrected chi connectivity index (χ3v) is 4.60. The molecule has 28 heavy (non-hydrogen) atoms. The van der Waals surface area contributed by atoms with E-state index in [1.165, 1.54) is 6.21 Å². The largest absolute Gasteiger partial charge is 0.454 e. The van der Waals surface area contributed by atoms with Gasteiger partial charge in [0, 0.05) is 5.56 Å². The first-order valence-electron chi connectivity index (χ1n) is 9.17. The summed E-state index contributed by atoms with van der Waals surface area (Å²) in [6, 6.07) is 13.5. The first-order valence-corrected chi connectivity index (χ1v) is 9.17. The smallest absolute Gasteiger partial charge is 0.262 e. The van der Waals surface area contributed by atoms with Gasteiger partial charge in [-0.25, -0.2) is 5.43 Å². The molecule has 2 atom stereocenters. The zero-order chi connectivity index (χ0) is 19.9. The number of carbonyl (C=O) groups is 2. The molecule has 0 saturated carbocycles. The fraction of sp³-hybridized carbons (Fsp3) is 0.286. The van der Waals surface area contributed by atoms with Gasteiger partial charge < -0.3 is 14.8 Å². The van der Waals surface area contributed by atoms with Crippen molar-refractivity contribution in [2.75, 3.05) is 6.79 Å². The molecule has 0 spiro atoms. The van der Waals surface area contributed by atoms with Gasteiger partial charge in [-0.15, -0.1) is 0 Å². The molecule has 2 amide bonds. The molecule has 2 N–H and O–H groups in total. The highest BCUT2D eigenvalue weighted by Gasteiger charge is 2.26. The fourth-order valence-corrected chi connectivity index (χ4v) is 2.75. The zero-order valence-corrected chi connectivity index (χ0v) is 15.8. The molecule has 1 heterocycles. The summed E-state index contributed by atoms with van der Waals surface area (Å²) in [7, 11) is 0. The number of rotatable bonds is 7. The van der Waals surface area contributed by atoms with Crippen LogP contribution in [-0.4, -0.2) is 30.9 Å². The minimum atomic E-state index is -0.688. The van der Waals surface area contributed by atoms with Crippen molar-refractivity contribution >= 4 is 18.0 Å². The lowest BCUT2D eigenvalue weighted by Crippen LogP contribution is -2.49. The van der Waals surface area contributed by atoms with Gasteiger partial charge in [-0.1, -0.05) is 38.5 Å². The first kappa shape index (κ1) is 19.4. The number of fused-ring (bicyclic) bond motifs is 1. The Balaban J connectivity index is 1.63. The molecule has 2 aromatic carbocycles. The maximum atomic E-state index is 12.6. The van der Waals surface area contributed by atoms with Crippen LogP contribution < -0.4 is 20.2 Å². The number of hydrogen-bond donors (Lipinski definition) is 2. The van der Waals surface area contributed by atoms with Gasteiger partial charge >= 0.3 is 0 Å². The van der Waals surface area contributed by atoms with Gasteiger partial charge in [-0.3, -0.25) is 9.59 Å². The average Bonchev–Trinajstić information content (AvgIpc) is 3.19. The molecular weight excluding hydrogens is 358 g/mol. The molecule has 0 aromatic heterocycles. The van der Waals surface area contributed by atoms with Gasteiger partial charge in [-0.05, 0) is 41.8 Å². The van der Waals surface area contributed by atoms with Crippen molar-refractivity contribution in [1.29, 1.82) is 0 Å². The van der Waals surface area contributed by atoms with Crippen LogP contribution in [0.15, 0.2) is 53.6 Å². The van der Waals surface area contributed by atoms with Gasteiger partial charge in [0.15, 0.2) is 11.5 Å². The number of ether oxygens (including phenoxy) is 2. The summed E-state index contributed by atoms with van der Waals surface area (Å²) in [5.41, 5.74) is 3.78. The number of hydrogen-bond acceptors (Lipinski definition) is 5. The van der Waals surface area contributed by atoms with Gasteiger partial charge in [0.05, 0.1) is 6.21 Å². The van der Waals surface area contributed by atoms with Gasteiger partial charge in [0.1, 0.15) is 6.04 Å². The third kappa shape index (κ3) is 4.68. The first-order chi connectivity index (χ1) is 13.6. The minimum Gasteiger partial charge on any atom is -0.454 e. The normalized spacial score (nSPS) is 14.5. The number of nitrogens with zero attached hydrogens (tertiary/aromatic N) is 1. The number of benzene rings is 2. The van der Waals surface area contributed by atoms with Crippen molar-refractivity contribution in [2.45, 2.75) is 26.3 Å². The Kier molecular flexibility index (Phi) is 6.26. The molecule has 0 radical (unpaired) electrons. The summed E-state index contributed by atoms with van der Waals surface area (Å²) < 4.78 is 10.6. The molecule has 0 bridgehead atoms. The van der Waals surface area contributed by atoms with Crippen molar-refractivity contribution in [1.82, 2.24) is 10.7 Å². The maximum absolute atomic E-state index is 12.6. The number of nitrogens with one attached hydrogen (secondary N) is 2. The fourth-order valence-electron chi connectivity index (χ4n) is 2.75. The Bertz CT molecular complexity index is 867. The predicted octanol–water partition coefficient (Wildman–Crippen LogP) is 2.71. The lowest BCUT2D eigenvalue weighted by molar-refractivity contribution is -0.124. The standard InChI is InChI=1S/C21H23N3O4/c1-3-14(2)19(23-20(25)16-7-5-4-6-8-16)21(26)24-22-12-15-9-10-17-18(11-15)28-13-27-17/h4-12,14,19H,3,13H2,1-2H3,(H,23,25)(H,24,26). The summed E-state index contributed by atoms with van der Waals surface area (Å²) in [4.78, 5) is 25.0. The van der Waals surface area contributed by atoms with Crippen LogP contribution in [0, 0.1) is 5.92 Å². The lowest BCUT2D eigenvalue weighted by Gasteiger charge is -2.22. The number of carbonyl (C=O) groups excluding carboxylic acids is 2. The molecule has 1 aliphatic rings. The van der Waals surface area contributed by atoms with Gasteiger partial charge in [0.2, 0.25) is 6.79 Å². The molecule has 1 aliphatic heterocycles. The van der Waals surface area contributed by atoms with Crippen LogP contribution in [0.4, 0.5) is 0 Å². The second-order valence-electron chi connectivity index (χ2n) is 6.55. The van der Waals surface area contributed by atoms with Crippen LogP contribution in [0.2, 0.25) is 0 Å². The second kappa shape index (κ2) is 9.03. The van der Waals surface area contributed by atoms with Gasteiger partial charge in [-0.2, -0.15) is 5.10 Å². The monoisotopic (exact) mass is 381 g/mol. The van der Waals surface area contributed by atoms with E-state index in [1.54, 1.807) is 36.4 Å². The molecule has 2 unspecified atom stereocenters. The second-order valence-corrected chi connectivity index (χ2v) is 6.55. The molecule has 2 aromatic rings. The molecule has 3 rings (SSSR count). The van der Waals surface area contributed by atoms with E-state index in [1.807, 2.05) is 26.0 Å². The van der Waals surface area contributed by atoms with E-state index in [0.29, 0.717) is 17.1 Å². The SMILES string of the molecule is CCC(C)C(NC(=O)c1ccccc1)C(=O)NN=Cc1ccc2c(c1)OCO2. The van der Waals surface area contributed by atoms with E-state index in [9.17, 15) is 9.59 Å². The van der Waals surface area contributed by atoms with Crippen LogP contribution in [0.1, 0.15) is 36.2 Å². The van der Waals surface area contributed by atoms with Crippen LogP contribution >= 0.6 is 0 Å².